The van der Waals surface area contributed by atoms with E-state index < -0.39 is 4.65 Å². The Balaban J connectivity index is 2.13. The lowest BCUT2D eigenvalue weighted by atomic mass is 9.95. The molecule has 0 aromatic rings. The van der Waals surface area contributed by atoms with Gasteiger partial charge >= 0.3 is 0 Å². The van der Waals surface area contributed by atoms with Gasteiger partial charge in [-0.2, -0.15) is 0 Å². The SMILES string of the molecule is O=C1CC=C2N=CC3=CC=C[N+]3([O-])C2C1. The minimum absolute atomic E-state index is 0.119. The zero-order valence-electron chi connectivity index (χ0n) is 8.09. The van der Waals surface area contributed by atoms with Gasteiger partial charge in [0.25, 0.3) is 0 Å². The predicted molar refractivity (Wildman–Crippen MR) is 55.5 cm³/mol. The molecule has 0 amide bonds. The van der Waals surface area contributed by atoms with Crippen molar-refractivity contribution in [3.8, 4) is 0 Å². The summed E-state index contributed by atoms with van der Waals surface area (Å²) >= 11 is 0. The second-order valence-electron chi connectivity index (χ2n) is 3.99. The average Bonchev–Trinajstić information content (AvgIpc) is 2.60. The minimum atomic E-state index is -0.541. The molecule has 0 bridgehead atoms. The van der Waals surface area contributed by atoms with E-state index in [1.54, 1.807) is 30.6 Å². The van der Waals surface area contributed by atoms with Gasteiger partial charge in [-0.3, -0.25) is 9.44 Å². The quantitative estimate of drug-likeness (QED) is 0.440. The first kappa shape index (κ1) is 8.76. The van der Waals surface area contributed by atoms with Crippen LogP contribution in [0.4, 0.5) is 0 Å². The van der Waals surface area contributed by atoms with E-state index in [2.05, 4.69) is 4.99 Å². The number of ketones is 1. The standard InChI is InChI=1S/C11H10N2O2/c14-9-3-4-10-11(6-9)13(15)5-1-2-8(13)7-12-10/h1-2,4-5,7,11H,3,6H2. The van der Waals surface area contributed by atoms with Crippen LogP contribution in [0.3, 0.4) is 0 Å². The van der Waals surface area contributed by atoms with Gasteiger partial charge in [0.05, 0.1) is 18.3 Å². The number of nitrogens with zero attached hydrogens (tertiary/aromatic N) is 2. The lowest BCUT2D eigenvalue weighted by Crippen LogP contribution is -2.49. The van der Waals surface area contributed by atoms with Crippen LogP contribution in [-0.4, -0.2) is 22.7 Å². The molecule has 0 saturated carbocycles. The maximum atomic E-state index is 12.5. The molecule has 4 nitrogen and oxygen atoms in total. The molecule has 0 aromatic carbocycles. The van der Waals surface area contributed by atoms with E-state index >= 15 is 0 Å². The number of carbonyl (C=O) groups excluding carboxylic acids is 1. The van der Waals surface area contributed by atoms with Crippen molar-refractivity contribution in [2.45, 2.75) is 18.9 Å². The van der Waals surface area contributed by atoms with Crippen molar-refractivity contribution in [1.82, 2.24) is 0 Å². The Morgan fingerprint density at radius 2 is 2.40 bits per heavy atom. The Labute approximate surface area is 87.1 Å². The predicted octanol–water partition coefficient (Wildman–Crippen LogP) is 1.41. The first-order chi connectivity index (χ1) is 7.20. The second-order valence-corrected chi connectivity index (χ2v) is 3.99. The van der Waals surface area contributed by atoms with Crippen LogP contribution in [0.25, 0.3) is 0 Å². The first-order valence-corrected chi connectivity index (χ1v) is 4.95. The Morgan fingerprint density at radius 3 is 3.27 bits per heavy atom. The monoisotopic (exact) mass is 202 g/mol. The Hall–Kier alpha value is -1.52. The van der Waals surface area contributed by atoms with Crippen LogP contribution < -0.4 is 0 Å². The zero-order chi connectivity index (χ0) is 10.5. The summed E-state index contributed by atoms with van der Waals surface area (Å²) in [5.74, 6) is 0.119. The third-order valence-corrected chi connectivity index (χ3v) is 3.09. The van der Waals surface area contributed by atoms with E-state index in [9.17, 15) is 10.0 Å². The fourth-order valence-electron chi connectivity index (χ4n) is 2.26. The maximum absolute atomic E-state index is 12.5. The van der Waals surface area contributed by atoms with Gasteiger partial charge in [-0.15, -0.1) is 0 Å². The fraction of sp³-hybridized carbons (Fsp3) is 0.273. The smallest absolute Gasteiger partial charge is 0.156 e. The molecular weight excluding hydrogens is 192 g/mol. The van der Waals surface area contributed by atoms with Crippen molar-refractivity contribution >= 4 is 12.0 Å². The van der Waals surface area contributed by atoms with Crippen LogP contribution in [0.2, 0.25) is 0 Å². The van der Waals surface area contributed by atoms with Gasteiger partial charge in [0.1, 0.15) is 18.0 Å². The van der Waals surface area contributed by atoms with Gasteiger partial charge in [-0.05, 0) is 12.2 Å². The Kier molecular flexibility index (Phi) is 1.60. The van der Waals surface area contributed by atoms with Crippen LogP contribution in [0, 0.1) is 5.21 Å². The van der Waals surface area contributed by atoms with Crippen LogP contribution in [0.15, 0.2) is 40.8 Å². The third kappa shape index (κ3) is 1.09. The third-order valence-electron chi connectivity index (χ3n) is 3.09. The molecule has 0 N–H and O–H groups in total. The number of carbonyl (C=O) groups is 1. The fourth-order valence-corrected chi connectivity index (χ4v) is 2.26. The van der Waals surface area contributed by atoms with E-state index in [1.165, 1.54) is 0 Å². The molecule has 76 valence electrons. The molecule has 2 unspecified atom stereocenters. The number of hydroxylamine groups is 3. The molecule has 0 saturated heterocycles. The van der Waals surface area contributed by atoms with Crippen molar-refractivity contribution in [2.75, 3.05) is 0 Å². The highest BCUT2D eigenvalue weighted by atomic mass is 16.5. The molecule has 0 radical (unpaired) electrons. The molecule has 3 aliphatic rings. The van der Waals surface area contributed by atoms with Gasteiger partial charge in [0, 0.05) is 12.5 Å². The summed E-state index contributed by atoms with van der Waals surface area (Å²) in [5, 5.41) is 12.5. The summed E-state index contributed by atoms with van der Waals surface area (Å²) in [5.41, 5.74) is 1.38. The average molecular weight is 202 g/mol. The summed E-state index contributed by atoms with van der Waals surface area (Å²) < 4.78 is -0.541. The number of hydrogen-bond acceptors (Lipinski definition) is 3. The van der Waals surface area contributed by atoms with E-state index in [1.807, 2.05) is 0 Å². The number of hydrogen-bond donors (Lipinski definition) is 0. The normalized spacial score (nSPS) is 37.1. The molecule has 2 atom stereocenters. The van der Waals surface area contributed by atoms with E-state index in [0.717, 1.165) is 5.70 Å². The number of rotatable bonds is 0. The topological polar surface area (TPSA) is 52.5 Å². The maximum Gasteiger partial charge on any atom is 0.156 e. The summed E-state index contributed by atoms with van der Waals surface area (Å²) in [4.78, 5) is 15.6. The van der Waals surface area contributed by atoms with Crippen molar-refractivity contribution in [2.24, 2.45) is 4.99 Å². The lowest BCUT2D eigenvalue weighted by Gasteiger charge is -2.46. The molecule has 0 spiro atoms. The van der Waals surface area contributed by atoms with Crippen molar-refractivity contribution in [3.05, 3.63) is 41.0 Å². The second kappa shape index (κ2) is 2.74. The summed E-state index contributed by atoms with van der Waals surface area (Å²) in [7, 11) is 0. The van der Waals surface area contributed by atoms with Gasteiger partial charge in [0.2, 0.25) is 0 Å². The minimum Gasteiger partial charge on any atom is -0.622 e. The molecule has 0 aromatic heterocycles. The summed E-state index contributed by atoms with van der Waals surface area (Å²) in [6.45, 7) is 0. The van der Waals surface area contributed by atoms with E-state index in [0.29, 0.717) is 18.5 Å². The van der Waals surface area contributed by atoms with E-state index in [4.69, 9.17) is 0 Å². The molecule has 2 heterocycles. The molecule has 2 aliphatic heterocycles. The molecule has 1 aliphatic carbocycles. The van der Waals surface area contributed by atoms with Crippen LogP contribution in [-0.2, 0) is 4.79 Å². The van der Waals surface area contributed by atoms with E-state index in [-0.39, 0.29) is 11.8 Å². The molecule has 15 heavy (non-hydrogen) atoms. The van der Waals surface area contributed by atoms with Crippen molar-refractivity contribution < 1.29 is 9.44 Å². The highest BCUT2D eigenvalue weighted by Gasteiger charge is 2.41. The van der Waals surface area contributed by atoms with Gasteiger partial charge < -0.3 is 5.21 Å². The highest BCUT2D eigenvalue weighted by Crippen LogP contribution is 2.37. The molecule has 4 heteroatoms. The Bertz CT molecular complexity index is 459. The van der Waals surface area contributed by atoms with Crippen LogP contribution in [0.1, 0.15) is 12.8 Å². The lowest BCUT2D eigenvalue weighted by molar-refractivity contribution is -0.803. The molecular formula is C11H10N2O2. The summed E-state index contributed by atoms with van der Waals surface area (Å²) in [6.07, 6.45) is 9.15. The number of aliphatic imine (C=N–C) groups is 1. The number of quaternary nitrogens is 1. The first-order valence-electron chi connectivity index (χ1n) is 4.95. The number of allylic oxidation sites excluding steroid dienone is 4. The van der Waals surface area contributed by atoms with Gasteiger partial charge in [-0.1, -0.05) is 0 Å². The zero-order valence-corrected chi connectivity index (χ0v) is 8.09. The largest absolute Gasteiger partial charge is 0.622 e. The van der Waals surface area contributed by atoms with Crippen molar-refractivity contribution in [3.63, 3.8) is 0 Å². The van der Waals surface area contributed by atoms with Gasteiger partial charge in [0.15, 0.2) is 5.70 Å². The molecule has 0 fully saturated rings. The van der Waals surface area contributed by atoms with Crippen molar-refractivity contribution in [1.29, 1.82) is 0 Å². The van der Waals surface area contributed by atoms with Crippen LogP contribution >= 0.6 is 0 Å². The number of fused-ring (bicyclic) bond motifs is 3. The van der Waals surface area contributed by atoms with Gasteiger partial charge in [-0.25, -0.2) is 4.99 Å². The number of Topliss-reactive ketones (excluding diaryl/α,β-unsaturated/α-hetero) is 1. The van der Waals surface area contributed by atoms with Crippen LogP contribution in [0.5, 0.6) is 0 Å². The molecule has 3 rings (SSSR count). The summed E-state index contributed by atoms with van der Waals surface area (Å²) in [6, 6.07) is -0.360. The Morgan fingerprint density at radius 1 is 1.53 bits per heavy atom. The highest BCUT2D eigenvalue weighted by molar-refractivity contribution is 5.85.